The fraction of sp³-hybridized carbons (Fsp3) is 0.750. The number of nitro groups is 1. The quantitative estimate of drug-likeness (QED) is 0.0594. The van der Waals surface area contributed by atoms with Crippen LogP contribution in [0.25, 0.3) is 0 Å². The van der Waals surface area contributed by atoms with Crippen LogP contribution in [-0.2, 0) is 14.1 Å². The van der Waals surface area contributed by atoms with Crippen LogP contribution < -0.4 is 16.5 Å². The molecule has 1 amide bonds. The minimum atomic E-state index is -0.778. The van der Waals surface area contributed by atoms with Crippen molar-refractivity contribution in [2.45, 2.75) is 97.7 Å². The van der Waals surface area contributed by atoms with Crippen molar-refractivity contribution in [1.29, 1.82) is 0 Å². The Morgan fingerprint density at radius 3 is 2.63 bits per heavy atom. The predicted octanol–water partition coefficient (Wildman–Crippen LogP) is 3.92. The van der Waals surface area contributed by atoms with Crippen molar-refractivity contribution in [2.24, 2.45) is 39.8 Å². The van der Waals surface area contributed by atoms with Crippen molar-refractivity contribution in [1.82, 2.24) is 10.7 Å². The first-order chi connectivity index (χ1) is 19.2. The van der Waals surface area contributed by atoms with E-state index >= 15 is 0 Å². The SMILES string of the molecule is Cc1ccc(C(=O)C[C@@H](CCCN=C(N)N[N+](=O)[O-])C(=O)N[C@@H](CC(C)C)B2O[C@@H]3C[C@H]4C[C@H](C4(C)C)[C@]3(C)O2)s1. The zero-order valence-corrected chi connectivity index (χ0v) is 25.8. The summed E-state index contributed by atoms with van der Waals surface area (Å²) in [6.45, 7) is 13.1. The first-order valence-corrected chi connectivity index (χ1v) is 15.5. The summed E-state index contributed by atoms with van der Waals surface area (Å²) in [7, 11) is -0.555. The molecule has 2 heterocycles. The lowest BCUT2D eigenvalue weighted by Crippen LogP contribution is -2.65. The van der Waals surface area contributed by atoms with Crippen molar-refractivity contribution >= 4 is 36.1 Å². The third-order valence-electron chi connectivity index (χ3n) is 9.37. The summed E-state index contributed by atoms with van der Waals surface area (Å²) < 4.78 is 13.2. The molecule has 3 aliphatic carbocycles. The molecule has 0 aromatic carbocycles. The molecular formula is C28H44BN5O6S. The molecule has 1 aromatic rings. The van der Waals surface area contributed by atoms with E-state index in [9.17, 15) is 19.7 Å². The summed E-state index contributed by atoms with van der Waals surface area (Å²) in [5, 5.41) is 13.0. The van der Waals surface area contributed by atoms with Crippen molar-refractivity contribution in [2.75, 3.05) is 6.54 Å². The maximum atomic E-state index is 13.8. The van der Waals surface area contributed by atoms with E-state index in [0.717, 1.165) is 17.7 Å². The van der Waals surface area contributed by atoms with Gasteiger partial charge in [0.15, 0.2) is 10.8 Å². The van der Waals surface area contributed by atoms with Gasteiger partial charge in [-0.1, -0.05) is 33.1 Å². The highest BCUT2D eigenvalue weighted by Gasteiger charge is 2.68. The molecule has 1 aliphatic heterocycles. The van der Waals surface area contributed by atoms with Crippen LogP contribution in [0.1, 0.15) is 87.7 Å². The highest BCUT2D eigenvalue weighted by molar-refractivity contribution is 7.14. The maximum Gasteiger partial charge on any atom is 0.481 e. The van der Waals surface area contributed by atoms with Crippen LogP contribution in [0.5, 0.6) is 0 Å². The van der Waals surface area contributed by atoms with Crippen LogP contribution >= 0.6 is 11.3 Å². The largest absolute Gasteiger partial charge is 0.481 e. The second-order valence-corrected chi connectivity index (χ2v) is 14.4. The zero-order valence-electron chi connectivity index (χ0n) is 25.0. The molecule has 6 atom stereocenters. The summed E-state index contributed by atoms with van der Waals surface area (Å²) in [6, 6.07) is 3.69. The van der Waals surface area contributed by atoms with Crippen LogP contribution in [0.4, 0.5) is 0 Å². The van der Waals surface area contributed by atoms with Gasteiger partial charge >= 0.3 is 7.12 Å². The summed E-state index contributed by atoms with van der Waals surface area (Å²) in [6.07, 6.45) is 3.64. The highest BCUT2D eigenvalue weighted by Crippen LogP contribution is 2.65. The lowest BCUT2D eigenvalue weighted by Gasteiger charge is -2.64. The smallest absolute Gasteiger partial charge is 0.404 e. The molecular weight excluding hydrogens is 545 g/mol. The molecule has 4 fully saturated rings. The number of carbonyl (C=O) groups is 2. The number of nitrogens with one attached hydrogen (secondary N) is 2. The number of hydrazine groups is 1. The van der Waals surface area contributed by atoms with Gasteiger partial charge in [0.25, 0.3) is 5.96 Å². The van der Waals surface area contributed by atoms with Crippen molar-refractivity contribution in [3.63, 3.8) is 0 Å². The number of guanidine groups is 1. The number of rotatable bonds is 13. The number of thiophene rings is 1. The number of nitrogens with zero attached hydrogens (tertiary/aromatic N) is 2. The van der Waals surface area contributed by atoms with Gasteiger partial charge in [-0.3, -0.25) is 9.59 Å². The Morgan fingerprint density at radius 1 is 1.29 bits per heavy atom. The van der Waals surface area contributed by atoms with Crippen LogP contribution in [0.15, 0.2) is 17.1 Å². The molecule has 41 heavy (non-hydrogen) atoms. The highest BCUT2D eigenvalue weighted by atomic mass is 32.1. The van der Waals surface area contributed by atoms with E-state index in [1.807, 2.05) is 18.4 Å². The molecule has 11 nitrogen and oxygen atoms in total. The van der Waals surface area contributed by atoms with E-state index in [1.165, 1.54) is 11.3 Å². The van der Waals surface area contributed by atoms with Gasteiger partial charge in [-0.2, -0.15) is 0 Å². The third kappa shape index (κ3) is 6.94. The van der Waals surface area contributed by atoms with Crippen LogP contribution in [-0.4, -0.2) is 54.0 Å². The monoisotopic (exact) mass is 589 g/mol. The van der Waals surface area contributed by atoms with Gasteiger partial charge < -0.3 is 20.4 Å². The molecule has 3 saturated carbocycles. The topological polar surface area (TPSA) is 158 Å². The Labute approximate surface area is 246 Å². The normalized spacial score (nSPS) is 28.0. The summed E-state index contributed by atoms with van der Waals surface area (Å²) >= 11 is 1.41. The van der Waals surface area contributed by atoms with E-state index in [4.69, 9.17) is 15.0 Å². The third-order valence-corrected chi connectivity index (χ3v) is 10.4. The van der Waals surface area contributed by atoms with Gasteiger partial charge in [-0.15, -0.1) is 11.3 Å². The maximum absolute atomic E-state index is 13.8. The minimum absolute atomic E-state index is 0.00591. The van der Waals surface area contributed by atoms with Gasteiger partial charge in [0.2, 0.25) is 5.91 Å². The van der Waals surface area contributed by atoms with Crippen LogP contribution in [0, 0.1) is 46.1 Å². The molecule has 2 bridgehead atoms. The fourth-order valence-corrected chi connectivity index (χ4v) is 7.83. The summed E-state index contributed by atoms with van der Waals surface area (Å²) in [4.78, 5) is 43.1. The Bertz CT molecular complexity index is 1170. The first kappa shape index (κ1) is 31.4. The van der Waals surface area contributed by atoms with Gasteiger partial charge in [0.05, 0.1) is 22.5 Å². The van der Waals surface area contributed by atoms with Crippen LogP contribution in [0.3, 0.4) is 0 Å². The molecule has 0 unspecified atom stereocenters. The molecule has 13 heteroatoms. The number of hydrogen-bond donors (Lipinski definition) is 3. The second-order valence-electron chi connectivity index (χ2n) is 13.1. The number of nitrogens with two attached hydrogens (primary N) is 1. The van der Waals surface area contributed by atoms with Gasteiger partial charge in [-0.05, 0) is 81.3 Å². The molecule has 1 saturated heterocycles. The Morgan fingerprint density at radius 2 is 2.02 bits per heavy atom. The van der Waals surface area contributed by atoms with E-state index in [1.54, 1.807) is 6.07 Å². The van der Waals surface area contributed by atoms with Crippen LogP contribution in [0.2, 0.25) is 0 Å². The number of amides is 1. The molecule has 4 aliphatic rings. The molecule has 1 aromatic heterocycles. The second kappa shape index (κ2) is 12.4. The number of aliphatic imine (C=N–C) groups is 1. The van der Waals surface area contributed by atoms with Gasteiger partial charge in [0.1, 0.15) is 0 Å². The first-order valence-electron chi connectivity index (χ1n) is 14.6. The number of hydrogen-bond acceptors (Lipinski definition) is 8. The lowest BCUT2D eigenvalue weighted by atomic mass is 9.43. The Balaban J connectivity index is 1.46. The molecule has 4 N–H and O–H groups in total. The Kier molecular flexibility index (Phi) is 9.50. The van der Waals surface area contributed by atoms with E-state index in [-0.39, 0.29) is 59.6 Å². The number of ketones is 1. The minimum Gasteiger partial charge on any atom is -0.404 e. The van der Waals surface area contributed by atoms with E-state index in [0.29, 0.717) is 36.0 Å². The standard InChI is InChI=1S/C28H44BN5O6S/c1-16(2)12-24(29-39-23-15-19-14-22(27(19,4)5)28(23,6)40-29)32-25(36)18(8-7-11-31-26(30)33-34(37)38)13-20(35)21-10-9-17(3)41-21/h9-10,16,18-19,22-24H,7-8,11-15H2,1-6H3,(H,32,36)(H3,30,31,33)/t18-,19-,22-,23-,24+,28+/m1/s1. The number of Topliss-reactive ketones (excluding diaryl/α,β-unsaturated/α-hetero) is 1. The predicted molar refractivity (Wildman–Crippen MR) is 159 cm³/mol. The average Bonchev–Trinajstić information content (AvgIpc) is 3.47. The summed E-state index contributed by atoms with van der Waals surface area (Å²) in [5.74, 6) is -0.255. The lowest BCUT2D eigenvalue weighted by molar-refractivity contribution is -0.525. The summed E-state index contributed by atoms with van der Waals surface area (Å²) in [5.41, 5.74) is 7.16. The average molecular weight is 590 g/mol. The van der Waals surface area contributed by atoms with Crippen molar-refractivity contribution < 1.29 is 23.9 Å². The van der Waals surface area contributed by atoms with Gasteiger partial charge in [0, 0.05) is 23.8 Å². The van der Waals surface area contributed by atoms with E-state index < -0.39 is 18.1 Å². The number of carbonyl (C=O) groups excluding carboxylic acids is 2. The molecule has 0 spiro atoms. The van der Waals surface area contributed by atoms with E-state index in [2.05, 4.69) is 44.9 Å². The zero-order chi connectivity index (χ0) is 30.1. The number of aryl methyl sites for hydroxylation is 1. The van der Waals surface area contributed by atoms with Crippen molar-refractivity contribution in [3.05, 3.63) is 32.0 Å². The fourth-order valence-electron chi connectivity index (χ4n) is 7.02. The molecule has 0 radical (unpaired) electrons. The molecule has 226 valence electrons. The Hall–Kier alpha value is -2.51. The van der Waals surface area contributed by atoms with Crippen molar-refractivity contribution in [3.8, 4) is 0 Å². The molecule has 5 rings (SSSR count). The van der Waals surface area contributed by atoms with Gasteiger partial charge in [-0.25, -0.2) is 15.1 Å².